The van der Waals surface area contributed by atoms with E-state index in [1.165, 1.54) is 5.56 Å². The van der Waals surface area contributed by atoms with E-state index in [1.54, 1.807) is 0 Å². The number of halogens is 6. The highest BCUT2D eigenvalue weighted by atomic mass is 19.4. The van der Waals surface area contributed by atoms with Gasteiger partial charge in [-0.1, -0.05) is 69.5 Å². The molecule has 1 fully saturated rings. The lowest BCUT2D eigenvalue weighted by Crippen LogP contribution is -2.41. The summed E-state index contributed by atoms with van der Waals surface area (Å²) in [7, 11) is 0. The van der Waals surface area contributed by atoms with Gasteiger partial charge in [0.2, 0.25) is 0 Å². The van der Waals surface area contributed by atoms with Gasteiger partial charge in [0.15, 0.2) is 0 Å². The number of benzene rings is 2. The first kappa shape index (κ1) is 31.0. The predicted molar refractivity (Wildman–Crippen MR) is 141 cm³/mol. The molecule has 0 spiro atoms. The predicted octanol–water partition coefficient (Wildman–Crippen LogP) is 9.19. The third kappa shape index (κ3) is 7.57. The Morgan fingerprint density at radius 1 is 0.897 bits per heavy atom. The van der Waals surface area contributed by atoms with Crippen molar-refractivity contribution < 1.29 is 26.3 Å². The third-order valence-electron chi connectivity index (χ3n) is 8.44. The molecule has 0 radical (unpaired) electrons. The van der Waals surface area contributed by atoms with Crippen LogP contribution in [0.1, 0.15) is 87.5 Å². The van der Waals surface area contributed by atoms with Gasteiger partial charge in [0.1, 0.15) is 0 Å². The number of hydrogen-bond donors (Lipinski definition) is 0. The van der Waals surface area contributed by atoms with Crippen LogP contribution >= 0.6 is 0 Å². The van der Waals surface area contributed by atoms with E-state index in [2.05, 4.69) is 36.9 Å². The first-order valence-electron chi connectivity index (χ1n) is 13.9. The molecule has 0 N–H and O–H groups in total. The molecule has 0 aromatic heterocycles. The van der Waals surface area contributed by atoms with Crippen LogP contribution in [0, 0.1) is 17.2 Å². The minimum Gasteiger partial charge on any atom is -0.300 e. The van der Waals surface area contributed by atoms with Crippen LogP contribution in [0.2, 0.25) is 0 Å². The fourth-order valence-electron chi connectivity index (χ4n) is 6.25. The first-order valence-corrected chi connectivity index (χ1v) is 13.9. The Balaban J connectivity index is 1.95. The number of rotatable bonds is 11. The van der Waals surface area contributed by atoms with Gasteiger partial charge in [-0.2, -0.15) is 31.6 Å². The van der Waals surface area contributed by atoms with E-state index in [4.69, 9.17) is 0 Å². The monoisotopic (exact) mass is 552 g/mol. The van der Waals surface area contributed by atoms with Gasteiger partial charge in [0, 0.05) is 12.6 Å². The molecular weight excluding hydrogens is 514 g/mol. The van der Waals surface area contributed by atoms with Gasteiger partial charge in [-0.15, -0.1) is 0 Å². The third-order valence-corrected chi connectivity index (χ3v) is 8.44. The Hall–Kier alpha value is -2.53. The molecule has 214 valence electrons. The molecule has 0 heterocycles. The Kier molecular flexibility index (Phi) is 10.5. The smallest absolute Gasteiger partial charge is 0.300 e. The average Bonchev–Trinajstić information content (AvgIpc) is 2.92. The van der Waals surface area contributed by atoms with Crippen molar-refractivity contribution in [1.29, 1.82) is 5.26 Å². The second kappa shape index (κ2) is 13.2. The van der Waals surface area contributed by atoms with Crippen LogP contribution in [-0.2, 0) is 24.2 Å². The molecule has 1 aliphatic rings. The molecule has 0 bridgehead atoms. The highest BCUT2D eigenvalue weighted by molar-refractivity contribution is 5.43. The van der Waals surface area contributed by atoms with Gasteiger partial charge < -0.3 is 4.90 Å². The number of nitriles is 1. The van der Waals surface area contributed by atoms with E-state index in [9.17, 15) is 31.6 Å². The summed E-state index contributed by atoms with van der Waals surface area (Å²) in [6.07, 6.45) is -3.74. The van der Waals surface area contributed by atoms with Crippen LogP contribution in [-0.4, -0.2) is 24.0 Å². The van der Waals surface area contributed by atoms with Gasteiger partial charge in [0.25, 0.3) is 0 Å². The molecule has 2 unspecified atom stereocenters. The topological polar surface area (TPSA) is 27.0 Å². The molecule has 1 aliphatic carbocycles. The second-order valence-electron chi connectivity index (χ2n) is 10.6. The van der Waals surface area contributed by atoms with Crippen LogP contribution in [0.15, 0.2) is 48.5 Å². The molecule has 0 amide bonds. The Bertz CT molecular complexity index is 1080. The molecule has 39 heavy (non-hydrogen) atoms. The summed E-state index contributed by atoms with van der Waals surface area (Å²) < 4.78 is 82.0. The number of alkyl halides is 6. The van der Waals surface area contributed by atoms with Crippen molar-refractivity contribution in [2.24, 2.45) is 5.92 Å². The minimum absolute atomic E-state index is 0.0550. The largest absolute Gasteiger partial charge is 0.417 e. The van der Waals surface area contributed by atoms with Crippen molar-refractivity contribution >= 4 is 0 Å². The van der Waals surface area contributed by atoms with Gasteiger partial charge in [-0.05, 0) is 74.2 Å². The van der Waals surface area contributed by atoms with Crippen LogP contribution in [0.4, 0.5) is 26.3 Å². The van der Waals surface area contributed by atoms with Crippen LogP contribution in [0.3, 0.4) is 0 Å². The van der Waals surface area contributed by atoms with Gasteiger partial charge in [-0.3, -0.25) is 0 Å². The van der Waals surface area contributed by atoms with Gasteiger partial charge in [-0.25, -0.2) is 0 Å². The van der Waals surface area contributed by atoms with E-state index >= 15 is 0 Å². The van der Waals surface area contributed by atoms with Crippen LogP contribution in [0.25, 0.3) is 0 Å². The van der Waals surface area contributed by atoms with E-state index in [0.29, 0.717) is 37.8 Å². The van der Waals surface area contributed by atoms with Crippen LogP contribution < -0.4 is 0 Å². The fraction of sp³-hybridized carbons (Fsp3) is 0.581. The van der Waals surface area contributed by atoms with E-state index in [0.717, 1.165) is 51.3 Å². The van der Waals surface area contributed by atoms with Crippen molar-refractivity contribution in [3.63, 3.8) is 0 Å². The lowest BCUT2D eigenvalue weighted by molar-refractivity contribution is -0.162. The van der Waals surface area contributed by atoms with Crippen molar-refractivity contribution in [2.45, 2.75) is 95.4 Å². The second-order valence-corrected chi connectivity index (χ2v) is 10.6. The SMILES string of the molecule is CCC(CCC(C#N)(c1ccc(C(F)(F)F)c(C(F)(F)F)c1)C1CCCCC1)N(CC)CCc1ccccc1. The molecular formula is C31H38F6N2. The zero-order chi connectivity index (χ0) is 28.7. The minimum atomic E-state index is -5.18. The summed E-state index contributed by atoms with van der Waals surface area (Å²) in [4.78, 5) is 2.34. The van der Waals surface area contributed by atoms with E-state index in [1.807, 2.05) is 18.2 Å². The van der Waals surface area contributed by atoms with Gasteiger partial charge >= 0.3 is 12.4 Å². The molecule has 1 saturated carbocycles. The summed E-state index contributed by atoms with van der Waals surface area (Å²) in [5.41, 5.74) is -3.44. The summed E-state index contributed by atoms with van der Waals surface area (Å²) in [5.74, 6) is -0.203. The molecule has 8 heteroatoms. The average molecular weight is 553 g/mol. The maximum Gasteiger partial charge on any atom is 0.417 e. The molecule has 2 atom stereocenters. The lowest BCUT2D eigenvalue weighted by atomic mass is 9.63. The molecule has 2 nitrogen and oxygen atoms in total. The summed E-state index contributed by atoms with van der Waals surface area (Å²) in [6, 6.07) is 14.8. The normalized spacial score (nSPS) is 17.5. The quantitative estimate of drug-likeness (QED) is 0.260. The molecule has 2 aromatic carbocycles. The maximum absolute atomic E-state index is 13.8. The standard InChI is InChI=1S/C31H38F6N2/c1-3-26(39(4-2)20-18-23-11-7-5-8-12-23)17-19-29(22-38,24-13-9-6-10-14-24)25-15-16-27(30(32,33)34)28(21-25)31(35,36)37/h5,7-8,11-12,15-16,21,24,26H,3-4,6,9-10,13-14,17-20H2,1-2H3. The van der Waals surface area contributed by atoms with Crippen LogP contribution in [0.5, 0.6) is 0 Å². The number of hydrogen-bond acceptors (Lipinski definition) is 2. The van der Waals surface area contributed by atoms with Crippen molar-refractivity contribution in [3.8, 4) is 6.07 Å². The van der Waals surface area contributed by atoms with Crippen molar-refractivity contribution in [1.82, 2.24) is 4.90 Å². The molecule has 2 aromatic rings. The van der Waals surface area contributed by atoms with Crippen molar-refractivity contribution in [2.75, 3.05) is 13.1 Å². The summed E-state index contributed by atoms with van der Waals surface area (Å²) >= 11 is 0. The Morgan fingerprint density at radius 3 is 2.08 bits per heavy atom. The number of nitrogens with zero attached hydrogens (tertiary/aromatic N) is 2. The maximum atomic E-state index is 13.8. The molecule has 0 aliphatic heterocycles. The van der Waals surface area contributed by atoms with E-state index < -0.39 is 28.9 Å². The molecule has 0 saturated heterocycles. The highest BCUT2D eigenvalue weighted by Gasteiger charge is 2.47. The zero-order valence-corrected chi connectivity index (χ0v) is 22.7. The van der Waals surface area contributed by atoms with Gasteiger partial charge in [0.05, 0.1) is 22.6 Å². The summed E-state index contributed by atoms with van der Waals surface area (Å²) in [6.45, 7) is 5.72. The lowest BCUT2D eigenvalue weighted by Gasteiger charge is -2.40. The zero-order valence-electron chi connectivity index (χ0n) is 22.7. The fourth-order valence-corrected chi connectivity index (χ4v) is 6.25. The van der Waals surface area contributed by atoms with Crippen molar-refractivity contribution in [3.05, 3.63) is 70.8 Å². The Morgan fingerprint density at radius 2 is 1.54 bits per heavy atom. The first-order chi connectivity index (χ1) is 18.5. The summed E-state index contributed by atoms with van der Waals surface area (Å²) in [5, 5.41) is 10.6. The Labute approximate surface area is 228 Å². The number of likely N-dealkylation sites (N-methyl/N-ethyl adjacent to an activating group) is 1. The highest BCUT2D eigenvalue weighted by Crippen LogP contribution is 2.48. The van der Waals surface area contributed by atoms with E-state index in [-0.39, 0.29) is 17.5 Å². The molecule has 3 rings (SSSR count).